The Morgan fingerprint density at radius 2 is 0.778 bits per heavy atom. The first kappa shape index (κ1) is 103. The smallest absolute Gasteiger partial charge is 0.180 e. The van der Waals surface area contributed by atoms with E-state index in [0.717, 1.165) is 0 Å². The van der Waals surface area contributed by atoms with E-state index in [-0.39, 0.29) is 0 Å². The van der Waals surface area contributed by atoms with E-state index < -0.39 is 0 Å². The Hall–Kier alpha value is -6.15. The van der Waals surface area contributed by atoms with Crippen LogP contribution >= 0.6 is 11.3 Å². The second-order valence-electron chi connectivity index (χ2n) is 34.1. The number of tetrazole rings is 1. The van der Waals surface area contributed by atoms with Crippen LogP contribution in [0.25, 0.3) is 0 Å². The van der Waals surface area contributed by atoms with Crippen molar-refractivity contribution in [2.45, 2.75) is 262 Å². The average molecular weight is 1290 g/mol. The molecule has 1 aliphatic heterocycles. The summed E-state index contributed by atoms with van der Waals surface area (Å²) in [5.41, 5.74) is 6.29. The van der Waals surface area contributed by atoms with Gasteiger partial charge in [0.05, 0.1) is 30.4 Å². The van der Waals surface area contributed by atoms with Gasteiger partial charge in [-0.15, -0.1) is 21.5 Å². The molecule has 0 radical (unpaired) electrons. The van der Waals surface area contributed by atoms with Crippen LogP contribution in [-0.2, 0) is 0 Å². The van der Waals surface area contributed by atoms with E-state index in [1.54, 1.807) is 72.7 Å². The number of oxazole rings is 1. The van der Waals surface area contributed by atoms with Crippen LogP contribution in [0.2, 0.25) is 0 Å². The minimum Gasteiger partial charge on any atom is -0.452 e. The van der Waals surface area contributed by atoms with E-state index in [2.05, 4.69) is 345 Å². The summed E-state index contributed by atoms with van der Waals surface area (Å²) < 4.78 is 4.47. The molecule has 90 heavy (non-hydrogen) atoms. The van der Waals surface area contributed by atoms with Crippen LogP contribution in [0.15, 0.2) is 133 Å². The van der Waals surface area contributed by atoms with Gasteiger partial charge in [-0.2, -0.15) is 30.8 Å². The van der Waals surface area contributed by atoms with Crippen LogP contribution in [0.3, 0.4) is 0 Å². The first-order valence-electron chi connectivity index (χ1n) is 31.0. The van der Waals surface area contributed by atoms with Crippen molar-refractivity contribution in [1.29, 1.82) is 0 Å². The Balaban J connectivity index is -0.000000110. The van der Waals surface area contributed by atoms with E-state index in [0.29, 0.717) is 48.7 Å². The zero-order chi connectivity index (χ0) is 72.3. The molecule has 1 saturated heterocycles. The second kappa shape index (κ2) is 64.4. The standard InChI is InChI=1S/9C5H12.C4H9N.C4H5N.2C3H4N2.C3H3NO.C3H3NS.2C2H3N3.CH2N4/c9*1-5(2,3)4;2*1-2-4-5-3-1;1-2-5-3-4-1;1-2-4-5-3-1;2*1-2-5-3-4-1;1-3-2-5-4-1;2*1-2-4-5-3-1/h9*1-4H3;5H,1-4H2;1-5H;2*1-3H,(H,4,5);2*1-3H;2*1-2H,(H,3,4,5);1H,(H,2,3,4,5). The molecule has 526 valence electrons. The molecule has 9 heterocycles. The quantitative estimate of drug-likeness (QED) is 0.0746. The second-order valence-corrected chi connectivity index (χ2v) is 34.8. The molecule has 0 aliphatic carbocycles. The molecule has 0 aromatic carbocycles. The van der Waals surface area contributed by atoms with E-state index in [4.69, 9.17) is 0 Å². The van der Waals surface area contributed by atoms with Gasteiger partial charge in [0.1, 0.15) is 18.9 Å². The summed E-state index contributed by atoms with van der Waals surface area (Å²) in [7, 11) is 0. The van der Waals surface area contributed by atoms with Crippen LogP contribution < -0.4 is 5.32 Å². The number of rotatable bonds is 0. The normalized spacial score (nSPS) is 10.9. The molecule has 0 spiro atoms. The SMILES string of the molecule is C1CCNC1.CC(C)(C)C.CC(C)(C)C.CC(C)(C)C.CC(C)(C)C.CC(C)(C)C.CC(C)(C)C.CC(C)(C)C.CC(C)(C)C.CC(C)(C)C.c1c[nH]cn1.c1cc[nH]c1.c1cn[nH]c1.c1cn[nH]n1.c1cocn1.c1cscn1.c1nc[nH]n1.c1nn[nH]n1. The molecule has 0 unspecified atom stereocenters. The Labute approximate surface area is 557 Å². The van der Waals surface area contributed by atoms with Crippen molar-refractivity contribution in [2.24, 2.45) is 48.7 Å². The first-order chi connectivity index (χ1) is 40.5. The van der Waals surface area contributed by atoms with Crippen molar-refractivity contribution in [3.05, 3.63) is 129 Å². The third kappa shape index (κ3) is 354. The third-order valence-electron chi connectivity index (χ3n) is 3.89. The molecule has 0 bridgehead atoms. The molecule has 1 aliphatic rings. The molecule has 7 N–H and O–H groups in total. The largest absolute Gasteiger partial charge is 0.452 e. The highest BCUT2D eigenvalue weighted by Gasteiger charge is 1.99. The summed E-state index contributed by atoms with van der Waals surface area (Å²) >= 11 is 1.60. The maximum absolute atomic E-state index is 4.47. The van der Waals surface area contributed by atoms with Gasteiger partial charge in [0.25, 0.3) is 0 Å². The predicted octanol–water partition coefficient (Wildman–Crippen LogP) is 21.3. The number of aromatic nitrogens is 17. The number of imidazole rings is 1. The van der Waals surface area contributed by atoms with Gasteiger partial charge in [0, 0.05) is 48.8 Å². The lowest BCUT2D eigenvalue weighted by Crippen LogP contribution is -2.03. The highest BCUT2D eigenvalue weighted by molar-refractivity contribution is 7.07. The van der Waals surface area contributed by atoms with Crippen molar-refractivity contribution in [2.75, 3.05) is 13.1 Å². The monoisotopic (exact) mass is 1290 g/mol. The number of nitrogens with one attached hydrogen (secondary N) is 7. The van der Waals surface area contributed by atoms with E-state index in [1.165, 1.54) is 57.6 Å². The van der Waals surface area contributed by atoms with Gasteiger partial charge in [-0.25, -0.2) is 15.0 Å². The summed E-state index contributed by atoms with van der Waals surface area (Å²) in [6, 6.07) is 5.72. The lowest BCUT2D eigenvalue weighted by Gasteiger charge is -2.05. The lowest BCUT2D eigenvalue weighted by atomic mass is 10.0. The average Bonchev–Trinajstić information content (AvgIpc) is 4.22. The number of hydrogen-bond donors (Lipinski definition) is 7. The van der Waals surface area contributed by atoms with E-state index in [1.807, 2.05) is 36.0 Å². The van der Waals surface area contributed by atoms with Crippen LogP contribution in [0.1, 0.15) is 262 Å². The molecule has 9 rings (SSSR count). The first-order valence-corrected chi connectivity index (χ1v) is 32.0. The summed E-state index contributed by atoms with van der Waals surface area (Å²) in [6.45, 7) is 81.2. The van der Waals surface area contributed by atoms with Crippen molar-refractivity contribution in [3.63, 3.8) is 0 Å². The lowest BCUT2D eigenvalue weighted by molar-refractivity contribution is 0.469. The Kier molecular flexibility index (Phi) is 73.5. The van der Waals surface area contributed by atoms with Gasteiger partial charge < -0.3 is 19.7 Å². The molecule has 8 aromatic rings. The van der Waals surface area contributed by atoms with Gasteiger partial charge in [-0.3, -0.25) is 15.2 Å². The molecule has 1 fully saturated rings. The highest BCUT2D eigenvalue weighted by atomic mass is 32.1. The van der Waals surface area contributed by atoms with E-state index in [9.17, 15) is 0 Å². The zero-order valence-corrected chi connectivity index (χ0v) is 65.5. The minimum atomic E-state index is 0.500. The van der Waals surface area contributed by atoms with Gasteiger partial charge in [0.2, 0.25) is 0 Å². The Morgan fingerprint density at radius 3 is 0.878 bits per heavy atom. The molecule has 20 heteroatoms. The minimum absolute atomic E-state index is 0.500. The number of H-pyrrole nitrogens is 6. The summed E-state index contributed by atoms with van der Waals surface area (Å²) in [5.74, 6) is 0. The van der Waals surface area contributed by atoms with Gasteiger partial charge >= 0.3 is 0 Å². The third-order valence-corrected chi connectivity index (χ3v) is 4.41. The topological polar surface area (TPSA) is 262 Å². The molecule has 19 nitrogen and oxygen atoms in total. The summed E-state index contributed by atoms with van der Waals surface area (Å²) in [5, 5.41) is 38.8. The number of aromatic amines is 6. The maximum atomic E-state index is 4.47. The van der Waals surface area contributed by atoms with Crippen molar-refractivity contribution in [1.82, 2.24) is 91.7 Å². The Bertz CT molecular complexity index is 1530. The van der Waals surface area contributed by atoms with Gasteiger partial charge in [0.15, 0.2) is 12.7 Å². The van der Waals surface area contributed by atoms with Crippen LogP contribution in [0.5, 0.6) is 0 Å². The van der Waals surface area contributed by atoms with E-state index >= 15 is 0 Å². The summed E-state index contributed by atoms with van der Waals surface area (Å²) in [6.07, 6.45) is 28.8. The summed E-state index contributed by atoms with van der Waals surface area (Å²) in [4.78, 5) is 20.1. The van der Waals surface area contributed by atoms with Crippen molar-refractivity contribution < 1.29 is 4.42 Å². The van der Waals surface area contributed by atoms with Crippen LogP contribution in [0.4, 0.5) is 0 Å². The Morgan fingerprint density at radius 1 is 0.344 bits per heavy atom. The van der Waals surface area contributed by atoms with Crippen molar-refractivity contribution in [3.8, 4) is 0 Å². The van der Waals surface area contributed by atoms with Crippen LogP contribution in [-0.4, -0.2) is 99.4 Å². The number of thiazole rings is 1. The fourth-order valence-electron chi connectivity index (χ4n) is 2.15. The molecule has 0 atom stereocenters. The predicted molar refractivity (Wildman–Crippen MR) is 392 cm³/mol. The molecule has 0 saturated carbocycles. The number of hydrogen-bond acceptors (Lipinski definition) is 14. The zero-order valence-electron chi connectivity index (χ0n) is 64.7. The molecule has 8 aromatic heterocycles. The molecular weight excluding hydrogens is 1140 g/mol. The van der Waals surface area contributed by atoms with Crippen molar-refractivity contribution >= 4 is 11.3 Å². The molecule has 0 amide bonds. The van der Waals surface area contributed by atoms with Gasteiger partial charge in [-0.05, 0) is 92.9 Å². The fraction of sp³-hybridized carbons (Fsp3) is 0.700. The fourth-order valence-corrected chi connectivity index (χ4v) is 2.50. The highest BCUT2D eigenvalue weighted by Crippen LogP contribution is 2.12. The maximum Gasteiger partial charge on any atom is 0.180 e. The van der Waals surface area contributed by atoms with Gasteiger partial charge in [-0.1, -0.05) is 254 Å². The van der Waals surface area contributed by atoms with Crippen LogP contribution in [0, 0.1) is 48.7 Å². The number of nitrogens with zero attached hydrogens (tertiary/aromatic N) is 11. The molecular formula is C70H144N18OS.